The van der Waals surface area contributed by atoms with Gasteiger partial charge in [-0.25, -0.2) is 0 Å². The molecule has 3 heteroatoms. The number of hydrogen-bond donors (Lipinski definition) is 0. The highest BCUT2D eigenvalue weighted by atomic mass is 16.2. The van der Waals surface area contributed by atoms with Crippen LogP contribution in [0.15, 0.2) is 52.6 Å². The van der Waals surface area contributed by atoms with Crippen LogP contribution in [0.25, 0.3) is 11.1 Å². The average Bonchev–Trinajstić information content (AvgIpc) is 2.88. The summed E-state index contributed by atoms with van der Waals surface area (Å²) in [6.45, 7) is 22.4. The number of benzene rings is 2. The number of allylic oxidation sites excluding steroid dienone is 4. The highest BCUT2D eigenvalue weighted by Gasteiger charge is 2.53. The fourth-order valence-corrected chi connectivity index (χ4v) is 7.68. The highest BCUT2D eigenvalue weighted by molar-refractivity contribution is 6.23. The monoisotopic (exact) mass is 554 g/mol. The second kappa shape index (κ2) is 12.8. The Balaban J connectivity index is 0.000000868. The van der Waals surface area contributed by atoms with Gasteiger partial charge in [0.15, 0.2) is 17.3 Å². The minimum Gasteiger partial charge on any atom is -0.294 e. The van der Waals surface area contributed by atoms with Crippen LogP contribution in [0.5, 0.6) is 0 Å². The molecule has 0 aliphatic heterocycles. The van der Waals surface area contributed by atoms with E-state index in [9.17, 15) is 14.4 Å². The second-order valence-electron chi connectivity index (χ2n) is 12.5. The second-order valence-corrected chi connectivity index (χ2v) is 12.5. The van der Waals surface area contributed by atoms with Crippen molar-refractivity contribution < 1.29 is 14.4 Å². The van der Waals surface area contributed by atoms with Gasteiger partial charge in [0.2, 0.25) is 0 Å². The number of hydrogen-bond acceptors (Lipinski definition) is 3. The first kappa shape index (κ1) is 32.4. The molecule has 3 nitrogen and oxygen atoms in total. The lowest BCUT2D eigenvalue weighted by Crippen LogP contribution is -2.47. The first-order valence-electron chi connectivity index (χ1n) is 15.6. The van der Waals surface area contributed by atoms with Gasteiger partial charge in [-0.15, -0.1) is 0 Å². The molecule has 0 spiro atoms. The van der Waals surface area contributed by atoms with Gasteiger partial charge >= 0.3 is 0 Å². The zero-order valence-electron chi connectivity index (χ0n) is 27.3. The molecule has 0 saturated heterocycles. The topological polar surface area (TPSA) is 51.2 Å². The van der Waals surface area contributed by atoms with Gasteiger partial charge in [-0.05, 0) is 87.5 Å². The van der Waals surface area contributed by atoms with Crippen molar-refractivity contribution in [2.45, 2.75) is 108 Å². The number of Topliss-reactive ketones (excluding diaryl/α,β-unsaturated/α-hetero) is 3. The van der Waals surface area contributed by atoms with Crippen molar-refractivity contribution in [3.05, 3.63) is 80.4 Å². The molecule has 0 N–H and O–H groups in total. The molecule has 2 aromatic rings. The Morgan fingerprint density at radius 1 is 0.927 bits per heavy atom. The third kappa shape index (κ3) is 5.83. The Morgan fingerprint density at radius 2 is 1.51 bits per heavy atom. The van der Waals surface area contributed by atoms with E-state index in [1.165, 1.54) is 17.5 Å². The summed E-state index contributed by atoms with van der Waals surface area (Å²) in [5.41, 5.74) is 10.4. The number of carbonyl (C=O) groups excluding carboxylic acids is 3. The van der Waals surface area contributed by atoms with E-state index in [0.717, 1.165) is 63.8 Å². The molecular formula is C38H50O3. The van der Waals surface area contributed by atoms with Crippen LogP contribution < -0.4 is 0 Å². The molecule has 0 heterocycles. The van der Waals surface area contributed by atoms with E-state index in [2.05, 4.69) is 65.0 Å². The molecule has 3 aliphatic carbocycles. The Hall–Kier alpha value is -3.07. The normalized spacial score (nSPS) is 23.0. The summed E-state index contributed by atoms with van der Waals surface area (Å²) in [4.78, 5) is 40.6. The van der Waals surface area contributed by atoms with Crippen molar-refractivity contribution in [2.75, 3.05) is 0 Å². The van der Waals surface area contributed by atoms with Gasteiger partial charge in [0.05, 0.1) is 5.57 Å². The molecule has 0 amide bonds. The lowest BCUT2D eigenvalue weighted by Gasteiger charge is -2.49. The van der Waals surface area contributed by atoms with E-state index in [4.69, 9.17) is 0 Å². The predicted molar refractivity (Wildman–Crippen MR) is 171 cm³/mol. The lowest BCUT2D eigenvalue weighted by atomic mass is 9.52. The van der Waals surface area contributed by atoms with Crippen molar-refractivity contribution in [1.82, 2.24) is 0 Å². The molecule has 0 bridgehead atoms. The minimum atomic E-state index is -0.397. The van der Waals surface area contributed by atoms with E-state index in [1.54, 1.807) is 0 Å². The Bertz CT molecular complexity index is 1410. The summed E-state index contributed by atoms with van der Waals surface area (Å²) in [7, 11) is 0. The standard InChI is InChI=1S/C33H36O3.C3H8.C2H6/c1-8-26(34)28-20(5)15-33(7)16-23-14-25-24(22-12-17(2)11-18(3)13-22)10-9-19(4)27(25)31(35)29(23)21(6)30(33)32(28)36;1-3-2;1-2/h9-13,23,30H,8,14-16H2,1-7H3;3H2,1-2H3;1-2H3/t23?,30?,33-;;/m1../s1. The van der Waals surface area contributed by atoms with E-state index < -0.39 is 5.92 Å². The zero-order valence-corrected chi connectivity index (χ0v) is 27.3. The van der Waals surface area contributed by atoms with Crippen LogP contribution in [0.4, 0.5) is 0 Å². The van der Waals surface area contributed by atoms with Crippen LogP contribution in [0.2, 0.25) is 0 Å². The SMILES string of the molecule is CC.CCC.CCC(=O)C1=C(C)C[C@]2(C)CC3Cc4c(-c5cc(C)cc(C)c5)ccc(C)c4C(=O)C3=C(C)C2C1=O. The average molecular weight is 555 g/mol. The largest absolute Gasteiger partial charge is 0.294 e. The van der Waals surface area contributed by atoms with E-state index in [0.29, 0.717) is 12.0 Å². The molecule has 5 rings (SSSR count). The van der Waals surface area contributed by atoms with Crippen molar-refractivity contribution in [1.29, 1.82) is 0 Å². The molecule has 3 aliphatic rings. The van der Waals surface area contributed by atoms with Crippen LogP contribution >= 0.6 is 0 Å². The van der Waals surface area contributed by atoms with E-state index >= 15 is 0 Å². The third-order valence-electron chi connectivity index (χ3n) is 8.86. The van der Waals surface area contributed by atoms with Gasteiger partial charge in [-0.2, -0.15) is 0 Å². The number of fused-ring (bicyclic) bond motifs is 3. The van der Waals surface area contributed by atoms with Crippen molar-refractivity contribution in [3.8, 4) is 11.1 Å². The van der Waals surface area contributed by atoms with E-state index in [-0.39, 0.29) is 28.7 Å². The summed E-state index contributed by atoms with van der Waals surface area (Å²) >= 11 is 0. The van der Waals surface area contributed by atoms with Crippen LogP contribution in [0.3, 0.4) is 0 Å². The van der Waals surface area contributed by atoms with Crippen molar-refractivity contribution in [3.63, 3.8) is 0 Å². The molecule has 41 heavy (non-hydrogen) atoms. The lowest BCUT2D eigenvalue weighted by molar-refractivity contribution is -0.127. The molecule has 2 aromatic carbocycles. The molecule has 220 valence electrons. The van der Waals surface area contributed by atoms with Crippen molar-refractivity contribution in [2.24, 2.45) is 17.3 Å². The van der Waals surface area contributed by atoms with Crippen LogP contribution in [0.1, 0.15) is 114 Å². The van der Waals surface area contributed by atoms with Gasteiger partial charge in [0.1, 0.15) is 0 Å². The maximum atomic E-state index is 14.2. The Labute approximate surface area is 248 Å². The van der Waals surface area contributed by atoms with Gasteiger partial charge in [0.25, 0.3) is 0 Å². The van der Waals surface area contributed by atoms with E-state index in [1.807, 2.05) is 41.5 Å². The van der Waals surface area contributed by atoms with Gasteiger partial charge in [0, 0.05) is 23.5 Å². The fourth-order valence-electron chi connectivity index (χ4n) is 7.68. The number of ketones is 3. The summed E-state index contributed by atoms with van der Waals surface area (Å²) in [5, 5.41) is 0. The first-order valence-corrected chi connectivity index (χ1v) is 15.6. The molecule has 0 radical (unpaired) electrons. The summed E-state index contributed by atoms with van der Waals surface area (Å²) in [6, 6.07) is 10.8. The highest BCUT2D eigenvalue weighted by Crippen LogP contribution is 2.56. The number of aryl methyl sites for hydroxylation is 3. The van der Waals surface area contributed by atoms with Crippen LogP contribution in [-0.2, 0) is 16.0 Å². The van der Waals surface area contributed by atoms with Crippen LogP contribution in [0, 0.1) is 38.0 Å². The summed E-state index contributed by atoms with van der Waals surface area (Å²) < 4.78 is 0. The molecule has 0 fully saturated rings. The Morgan fingerprint density at radius 3 is 2.07 bits per heavy atom. The molecule has 0 aromatic heterocycles. The molecular weight excluding hydrogens is 504 g/mol. The van der Waals surface area contributed by atoms with Gasteiger partial charge < -0.3 is 0 Å². The number of rotatable bonds is 3. The smallest absolute Gasteiger partial charge is 0.189 e. The third-order valence-corrected chi connectivity index (χ3v) is 8.86. The fraction of sp³-hybridized carbons (Fsp3) is 0.500. The number of carbonyl (C=O) groups is 3. The molecule has 3 atom stereocenters. The maximum Gasteiger partial charge on any atom is 0.189 e. The van der Waals surface area contributed by atoms with Crippen molar-refractivity contribution >= 4 is 17.3 Å². The first-order chi connectivity index (χ1) is 19.4. The summed E-state index contributed by atoms with van der Waals surface area (Å²) in [6.07, 6.45) is 3.89. The molecule has 0 saturated carbocycles. The maximum absolute atomic E-state index is 14.2. The Kier molecular flexibility index (Phi) is 10.2. The minimum absolute atomic E-state index is 0.0733. The zero-order chi connectivity index (χ0) is 30.8. The molecule has 2 unspecified atom stereocenters. The van der Waals surface area contributed by atoms with Gasteiger partial charge in [-0.3, -0.25) is 14.4 Å². The van der Waals surface area contributed by atoms with Crippen LogP contribution in [-0.4, -0.2) is 17.3 Å². The summed E-state index contributed by atoms with van der Waals surface area (Å²) in [5.74, 6) is -0.385. The van der Waals surface area contributed by atoms with Gasteiger partial charge in [-0.1, -0.05) is 101 Å². The quantitative estimate of drug-likeness (QED) is 0.355. The predicted octanol–water partition coefficient (Wildman–Crippen LogP) is 9.69.